The average Bonchev–Trinajstić information content (AvgIpc) is 3.41. The number of rotatable bonds is 6. The van der Waals surface area contributed by atoms with E-state index in [1.807, 2.05) is 61.5 Å². The molecule has 6 nitrogen and oxygen atoms in total. The number of benzene rings is 2. The van der Waals surface area contributed by atoms with Crippen LogP contribution in [0.15, 0.2) is 60.8 Å². The highest BCUT2D eigenvalue weighted by atomic mass is 16.2. The van der Waals surface area contributed by atoms with Gasteiger partial charge in [-0.25, -0.2) is 4.68 Å². The van der Waals surface area contributed by atoms with Crippen LogP contribution in [0.5, 0.6) is 0 Å². The third kappa shape index (κ3) is 4.11. The summed E-state index contributed by atoms with van der Waals surface area (Å²) in [6.07, 6.45) is 3.74. The number of hydrogen-bond donors (Lipinski definition) is 2. The van der Waals surface area contributed by atoms with Crippen molar-refractivity contribution >= 4 is 11.8 Å². The standard InChI is InChI=1S/C22H22N4O2/c1-15-7-11-18(12-8-15)26-14-19(21(25-26)16-5-3-2-4-6-16)22(28)23-13-20(27)24-17-9-10-17/h2-8,11-12,14,17H,9-10,13H2,1H3,(H,23,28)(H,24,27). The maximum absolute atomic E-state index is 12.8. The number of carbonyl (C=O) groups is 2. The molecule has 0 aliphatic heterocycles. The van der Waals surface area contributed by atoms with Crippen molar-refractivity contribution in [1.82, 2.24) is 20.4 Å². The molecule has 1 heterocycles. The smallest absolute Gasteiger partial charge is 0.255 e. The van der Waals surface area contributed by atoms with Crippen LogP contribution < -0.4 is 10.6 Å². The van der Waals surface area contributed by atoms with Crippen LogP contribution in [0.2, 0.25) is 0 Å². The van der Waals surface area contributed by atoms with Crippen LogP contribution in [-0.2, 0) is 4.79 Å². The van der Waals surface area contributed by atoms with Crippen molar-refractivity contribution in [2.75, 3.05) is 6.54 Å². The van der Waals surface area contributed by atoms with Crippen molar-refractivity contribution in [3.8, 4) is 16.9 Å². The normalized spacial score (nSPS) is 13.2. The van der Waals surface area contributed by atoms with Crippen molar-refractivity contribution in [2.45, 2.75) is 25.8 Å². The third-order valence-corrected chi connectivity index (χ3v) is 4.66. The molecule has 2 N–H and O–H groups in total. The summed E-state index contributed by atoms with van der Waals surface area (Å²) < 4.78 is 1.70. The van der Waals surface area contributed by atoms with Crippen molar-refractivity contribution in [3.63, 3.8) is 0 Å². The molecule has 0 spiro atoms. The summed E-state index contributed by atoms with van der Waals surface area (Å²) in [5.41, 5.74) is 3.89. The molecule has 1 aromatic heterocycles. The Kier molecular flexibility index (Phi) is 4.93. The molecule has 0 radical (unpaired) electrons. The zero-order chi connectivity index (χ0) is 19.5. The Morgan fingerprint density at radius 3 is 2.46 bits per heavy atom. The van der Waals surface area contributed by atoms with E-state index in [4.69, 9.17) is 0 Å². The lowest BCUT2D eigenvalue weighted by Gasteiger charge is -2.06. The van der Waals surface area contributed by atoms with Gasteiger partial charge in [0.05, 0.1) is 17.8 Å². The molecule has 0 bridgehead atoms. The Balaban J connectivity index is 1.61. The Hall–Kier alpha value is -3.41. The van der Waals surface area contributed by atoms with Crippen LogP contribution in [0.1, 0.15) is 28.8 Å². The molecule has 1 aliphatic rings. The number of hydrogen-bond acceptors (Lipinski definition) is 3. The molecule has 0 unspecified atom stereocenters. The molecule has 1 aliphatic carbocycles. The number of nitrogens with zero attached hydrogens (tertiary/aromatic N) is 2. The predicted molar refractivity (Wildman–Crippen MR) is 107 cm³/mol. The van der Waals surface area contributed by atoms with E-state index in [0.29, 0.717) is 11.3 Å². The highest BCUT2D eigenvalue weighted by Gasteiger charge is 2.24. The van der Waals surface area contributed by atoms with Gasteiger partial charge in [0.1, 0.15) is 5.69 Å². The summed E-state index contributed by atoms with van der Waals surface area (Å²) in [5.74, 6) is -0.480. The number of carbonyl (C=O) groups excluding carboxylic acids is 2. The second kappa shape index (κ2) is 7.68. The van der Waals surface area contributed by atoms with Crippen molar-refractivity contribution in [3.05, 3.63) is 71.9 Å². The SMILES string of the molecule is Cc1ccc(-n2cc(C(=O)NCC(=O)NC3CC3)c(-c3ccccc3)n2)cc1. The maximum Gasteiger partial charge on any atom is 0.255 e. The zero-order valence-electron chi connectivity index (χ0n) is 15.7. The summed E-state index contributed by atoms with van der Waals surface area (Å²) in [4.78, 5) is 24.7. The van der Waals surface area contributed by atoms with Crippen LogP contribution in [0.4, 0.5) is 0 Å². The summed E-state index contributed by atoms with van der Waals surface area (Å²) >= 11 is 0. The first-order chi connectivity index (χ1) is 13.6. The summed E-state index contributed by atoms with van der Waals surface area (Å²) in [7, 11) is 0. The van der Waals surface area contributed by atoms with Crippen molar-refractivity contribution in [1.29, 1.82) is 0 Å². The summed E-state index contributed by atoms with van der Waals surface area (Å²) in [6, 6.07) is 17.8. The van der Waals surface area contributed by atoms with E-state index in [2.05, 4.69) is 15.7 Å². The van der Waals surface area contributed by atoms with Gasteiger partial charge in [0.25, 0.3) is 5.91 Å². The molecular formula is C22H22N4O2. The van der Waals surface area contributed by atoms with Gasteiger partial charge < -0.3 is 10.6 Å². The van der Waals surface area contributed by atoms with E-state index in [9.17, 15) is 9.59 Å². The second-order valence-corrected chi connectivity index (χ2v) is 7.06. The minimum Gasteiger partial charge on any atom is -0.352 e. The van der Waals surface area contributed by atoms with Gasteiger partial charge in [-0.05, 0) is 31.9 Å². The Morgan fingerprint density at radius 1 is 1.07 bits per heavy atom. The minimum atomic E-state index is -0.317. The fraction of sp³-hybridized carbons (Fsp3) is 0.227. The fourth-order valence-corrected chi connectivity index (χ4v) is 2.94. The molecule has 1 saturated carbocycles. The highest BCUT2D eigenvalue weighted by Crippen LogP contribution is 2.24. The third-order valence-electron chi connectivity index (χ3n) is 4.66. The lowest BCUT2D eigenvalue weighted by Crippen LogP contribution is -2.37. The van der Waals surface area contributed by atoms with E-state index in [1.165, 1.54) is 0 Å². The van der Waals surface area contributed by atoms with Crippen LogP contribution >= 0.6 is 0 Å². The summed E-state index contributed by atoms with van der Waals surface area (Å²) in [6.45, 7) is 1.98. The molecule has 0 saturated heterocycles. The lowest BCUT2D eigenvalue weighted by atomic mass is 10.1. The Bertz CT molecular complexity index is 989. The molecular weight excluding hydrogens is 352 g/mol. The van der Waals surface area contributed by atoms with Gasteiger partial charge in [0.2, 0.25) is 5.91 Å². The largest absolute Gasteiger partial charge is 0.352 e. The zero-order valence-corrected chi connectivity index (χ0v) is 15.7. The Labute approximate surface area is 163 Å². The fourth-order valence-electron chi connectivity index (χ4n) is 2.94. The molecule has 4 rings (SSSR count). The molecule has 0 atom stereocenters. The van der Waals surface area contributed by atoms with Crippen LogP contribution in [0, 0.1) is 6.92 Å². The van der Waals surface area contributed by atoms with E-state index in [1.54, 1.807) is 10.9 Å². The lowest BCUT2D eigenvalue weighted by molar-refractivity contribution is -0.120. The van der Waals surface area contributed by atoms with Gasteiger partial charge in [0.15, 0.2) is 0 Å². The summed E-state index contributed by atoms with van der Waals surface area (Å²) in [5, 5.41) is 10.2. The molecule has 2 amide bonds. The van der Waals surface area contributed by atoms with Crippen LogP contribution in [0.25, 0.3) is 16.9 Å². The van der Waals surface area contributed by atoms with Gasteiger partial charge in [-0.3, -0.25) is 9.59 Å². The first-order valence-corrected chi connectivity index (χ1v) is 9.40. The van der Waals surface area contributed by atoms with Gasteiger partial charge >= 0.3 is 0 Å². The number of nitrogens with one attached hydrogen (secondary N) is 2. The number of aromatic nitrogens is 2. The molecule has 28 heavy (non-hydrogen) atoms. The van der Waals surface area contributed by atoms with E-state index < -0.39 is 0 Å². The average molecular weight is 374 g/mol. The van der Waals surface area contributed by atoms with Crippen molar-refractivity contribution < 1.29 is 9.59 Å². The van der Waals surface area contributed by atoms with Gasteiger partial charge in [-0.2, -0.15) is 5.10 Å². The Morgan fingerprint density at radius 2 is 1.79 bits per heavy atom. The van der Waals surface area contributed by atoms with Crippen LogP contribution in [-0.4, -0.2) is 34.2 Å². The molecule has 3 aromatic rings. The van der Waals surface area contributed by atoms with E-state index >= 15 is 0 Å². The minimum absolute atomic E-state index is 0.0424. The molecule has 6 heteroatoms. The second-order valence-electron chi connectivity index (χ2n) is 7.06. The number of amides is 2. The number of aryl methyl sites for hydroxylation is 1. The molecule has 2 aromatic carbocycles. The first-order valence-electron chi connectivity index (χ1n) is 9.40. The predicted octanol–water partition coefficient (Wildman–Crippen LogP) is 2.86. The topological polar surface area (TPSA) is 76.0 Å². The molecule has 142 valence electrons. The van der Waals surface area contributed by atoms with E-state index in [0.717, 1.165) is 29.7 Å². The molecule has 1 fully saturated rings. The van der Waals surface area contributed by atoms with Gasteiger partial charge in [-0.1, -0.05) is 48.0 Å². The maximum atomic E-state index is 12.8. The van der Waals surface area contributed by atoms with Crippen LogP contribution in [0.3, 0.4) is 0 Å². The first kappa shape index (κ1) is 18.0. The monoisotopic (exact) mass is 374 g/mol. The van der Waals surface area contributed by atoms with Gasteiger partial charge in [0, 0.05) is 17.8 Å². The quantitative estimate of drug-likeness (QED) is 0.697. The highest BCUT2D eigenvalue weighted by molar-refractivity contribution is 6.01. The van der Waals surface area contributed by atoms with E-state index in [-0.39, 0.29) is 24.4 Å². The van der Waals surface area contributed by atoms with Crippen molar-refractivity contribution in [2.24, 2.45) is 0 Å². The van der Waals surface area contributed by atoms with Gasteiger partial charge in [-0.15, -0.1) is 0 Å².